The van der Waals surface area contributed by atoms with E-state index in [1.807, 2.05) is 59.3 Å². The molecule has 1 N–H and O–H groups in total. The van der Waals surface area contributed by atoms with Crippen molar-refractivity contribution in [3.8, 4) is 0 Å². The number of likely N-dealkylation sites (tertiary alicyclic amines) is 1. The number of amides is 2. The van der Waals surface area contributed by atoms with Gasteiger partial charge in [0.15, 0.2) is 0 Å². The number of hydrogen-bond donors (Lipinski definition) is 1. The van der Waals surface area contributed by atoms with Crippen molar-refractivity contribution < 1.29 is 9.59 Å². The van der Waals surface area contributed by atoms with E-state index in [2.05, 4.69) is 15.3 Å². The molecule has 7 nitrogen and oxygen atoms in total. The van der Waals surface area contributed by atoms with Crippen LogP contribution < -0.4 is 5.32 Å². The van der Waals surface area contributed by atoms with Crippen molar-refractivity contribution in [2.75, 3.05) is 11.9 Å². The van der Waals surface area contributed by atoms with Crippen LogP contribution >= 0.6 is 11.3 Å². The maximum atomic E-state index is 13.3. The SMILES string of the molecule is Cc1nc(CCC(=O)N2CC[C@]3(C(=O)Nc4ccccc43)[C@@H]2c2nccn2C)cs1. The molecule has 3 aromatic rings. The fourth-order valence-corrected chi connectivity index (χ4v) is 5.50. The number of nitrogens with zero attached hydrogens (tertiary/aromatic N) is 4. The van der Waals surface area contributed by atoms with E-state index in [4.69, 9.17) is 0 Å². The lowest BCUT2D eigenvalue weighted by atomic mass is 9.74. The quantitative estimate of drug-likeness (QED) is 0.702. The maximum Gasteiger partial charge on any atom is 0.237 e. The predicted molar refractivity (Wildman–Crippen MR) is 114 cm³/mol. The van der Waals surface area contributed by atoms with Gasteiger partial charge in [-0.3, -0.25) is 9.59 Å². The Hall–Kier alpha value is -3.00. The Morgan fingerprint density at radius 1 is 1.37 bits per heavy atom. The highest BCUT2D eigenvalue weighted by molar-refractivity contribution is 7.09. The summed E-state index contributed by atoms with van der Waals surface area (Å²) in [6, 6.07) is 7.35. The minimum atomic E-state index is -0.817. The summed E-state index contributed by atoms with van der Waals surface area (Å²) in [5.41, 5.74) is 1.91. The van der Waals surface area contributed by atoms with Crippen molar-refractivity contribution in [3.63, 3.8) is 0 Å². The molecule has 1 saturated heterocycles. The van der Waals surface area contributed by atoms with Crippen LogP contribution in [0.3, 0.4) is 0 Å². The zero-order valence-corrected chi connectivity index (χ0v) is 17.8. The Morgan fingerprint density at radius 2 is 2.20 bits per heavy atom. The third kappa shape index (κ3) is 2.78. The van der Waals surface area contributed by atoms with Gasteiger partial charge in [0.05, 0.1) is 10.7 Å². The number of nitrogens with one attached hydrogen (secondary N) is 1. The Morgan fingerprint density at radius 3 is 2.93 bits per heavy atom. The molecule has 2 aliphatic rings. The molecule has 1 spiro atoms. The highest BCUT2D eigenvalue weighted by atomic mass is 32.1. The van der Waals surface area contributed by atoms with Crippen LogP contribution in [0.5, 0.6) is 0 Å². The van der Waals surface area contributed by atoms with Gasteiger partial charge in [0.2, 0.25) is 11.8 Å². The third-order valence-electron chi connectivity index (χ3n) is 6.27. The first-order valence-electron chi connectivity index (χ1n) is 10.1. The largest absolute Gasteiger partial charge is 0.336 e. The number of carbonyl (C=O) groups excluding carboxylic acids is 2. The molecule has 0 radical (unpaired) electrons. The van der Waals surface area contributed by atoms with E-state index < -0.39 is 11.5 Å². The zero-order chi connectivity index (χ0) is 20.9. The van der Waals surface area contributed by atoms with Crippen LogP contribution in [0.1, 0.15) is 41.0 Å². The summed E-state index contributed by atoms with van der Waals surface area (Å²) < 4.78 is 1.91. The summed E-state index contributed by atoms with van der Waals surface area (Å²) in [5.74, 6) is 0.710. The first-order valence-corrected chi connectivity index (χ1v) is 11.0. The minimum absolute atomic E-state index is 0.0303. The van der Waals surface area contributed by atoms with Crippen LogP contribution in [0.25, 0.3) is 0 Å². The average Bonchev–Trinajstić information content (AvgIpc) is 3.49. The summed E-state index contributed by atoms with van der Waals surface area (Å²) >= 11 is 1.59. The van der Waals surface area contributed by atoms with E-state index in [9.17, 15) is 9.59 Å². The Bertz CT molecular complexity index is 1140. The lowest BCUT2D eigenvalue weighted by molar-refractivity contribution is -0.133. The number of imidazole rings is 1. The van der Waals surface area contributed by atoms with Gasteiger partial charge in [0, 0.05) is 43.5 Å². The second-order valence-electron chi connectivity index (χ2n) is 7.96. The van der Waals surface area contributed by atoms with E-state index in [-0.39, 0.29) is 11.8 Å². The van der Waals surface area contributed by atoms with Crippen molar-refractivity contribution in [2.45, 2.75) is 37.6 Å². The fourth-order valence-electron chi connectivity index (χ4n) is 4.86. The second kappa shape index (κ2) is 7.05. The summed E-state index contributed by atoms with van der Waals surface area (Å²) in [6.07, 6.45) is 5.13. The molecule has 5 rings (SSSR count). The van der Waals surface area contributed by atoms with Crippen molar-refractivity contribution in [1.29, 1.82) is 0 Å². The third-order valence-corrected chi connectivity index (χ3v) is 7.09. The minimum Gasteiger partial charge on any atom is -0.336 e. The molecule has 8 heteroatoms. The first-order chi connectivity index (χ1) is 14.5. The highest BCUT2D eigenvalue weighted by Crippen LogP contribution is 2.54. The number of fused-ring (bicyclic) bond motifs is 2. The number of aromatic nitrogens is 3. The molecule has 154 valence electrons. The number of aryl methyl sites for hydroxylation is 3. The molecule has 0 saturated carbocycles. The highest BCUT2D eigenvalue weighted by Gasteiger charge is 2.60. The summed E-state index contributed by atoms with van der Waals surface area (Å²) in [7, 11) is 1.91. The molecule has 2 atom stereocenters. The molecule has 0 aliphatic carbocycles. The number of benzene rings is 1. The van der Waals surface area contributed by atoms with Crippen molar-refractivity contribution in [1.82, 2.24) is 19.4 Å². The molecule has 4 heterocycles. The van der Waals surface area contributed by atoms with Gasteiger partial charge in [-0.1, -0.05) is 18.2 Å². The van der Waals surface area contributed by atoms with Gasteiger partial charge in [-0.15, -0.1) is 11.3 Å². The molecule has 0 bridgehead atoms. The van der Waals surface area contributed by atoms with Crippen LogP contribution in [0.4, 0.5) is 5.69 Å². The monoisotopic (exact) mass is 421 g/mol. The second-order valence-corrected chi connectivity index (χ2v) is 9.03. The number of thiazole rings is 1. The van der Waals surface area contributed by atoms with E-state index in [1.54, 1.807) is 17.5 Å². The zero-order valence-electron chi connectivity index (χ0n) is 17.0. The molecule has 30 heavy (non-hydrogen) atoms. The molecule has 1 fully saturated rings. The van der Waals surface area contributed by atoms with Gasteiger partial charge >= 0.3 is 0 Å². The Labute approximate surface area is 178 Å². The van der Waals surface area contributed by atoms with Crippen molar-refractivity contribution in [2.24, 2.45) is 7.05 Å². The molecular formula is C22H23N5O2S. The fraction of sp³-hybridized carbons (Fsp3) is 0.364. The molecular weight excluding hydrogens is 398 g/mol. The average molecular weight is 422 g/mol. The van der Waals surface area contributed by atoms with E-state index in [0.717, 1.165) is 27.8 Å². The topological polar surface area (TPSA) is 80.1 Å². The van der Waals surface area contributed by atoms with Gasteiger partial charge in [-0.2, -0.15) is 0 Å². The van der Waals surface area contributed by atoms with Crippen LogP contribution in [0.15, 0.2) is 42.0 Å². The standard InChI is InChI=1S/C22H23N5O2S/c1-14-24-15(13-30-14)7-8-18(28)27-11-9-22(19(27)20-23-10-12-26(20)2)16-5-3-4-6-17(16)25-21(22)29/h3-6,10,12-13,19H,7-9,11H2,1-2H3,(H,25,29)/t19-,22+/m0/s1. The first kappa shape index (κ1) is 19.0. The smallest absolute Gasteiger partial charge is 0.237 e. The summed E-state index contributed by atoms with van der Waals surface area (Å²) in [6.45, 7) is 2.49. The van der Waals surface area contributed by atoms with Gasteiger partial charge in [-0.05, 0) is 31.4 Å². The maximum absolute atomic E-state index is 13.3. The number of carbonyl (C=O) groups is 2. The van der Waals surface area contributed by atoms with Gasteiger partial charge in [-0.25, -0.2) is 9.97 Å². The van der Waals surface area contributed by atoms with Crippen LogP contribution in [-0.2, 0) is 28.5 Å². The Kier molecular flexibility index (Phi) is 4.47. The van der Waals surface area contributed by atoms with Gasteiger partial charge < -0.3 is 14.8 Å². The lowest BCUT2D eigenvalue weighted by Crippen LogP contribution is -2.43. The Balaban J connectivity index is 1.52. The number of hydrogen-bond acceptors (Lipinski definition) is 5. The molecule has 2 aliphatic heterocycles. The predicted octanol–water partition coefficient (Wildman–Crippen LogP) is 2.98. The van der Waals surface area contributed by atoms with E-state index in [0.29, 0.717) is 25.8 Å². The number of rotatable bonds is 4. The lowest BCUT2D eigenvalue weighted by Gasteiger charge is -2.33. The van der Waals surface area contributed by atoms with Crippen molar-refractivity contribution >= 4 is 28.8 Å². The molecule has 2 aromatic heterocycles. The van der Waals surface area contributed by atoms with Crippen LogP contribution in [0.2, 0.25) is 0 Å². The van der Waals surface area contributed by atoms with Gasteiger partial charge in [0.1, 0.15) is 17.3 Å². The summed E-state index contributed by atoms with van der Waals surface area (Å²) in [4.78, 5) is 37.5. The van der Waals surface area contributed by atoms with E-state index >= 15 is 0 Å². The van der Waals surface area contributed by atoms with Crippen LogP contribution in [-0.4, -0.2) is 37.8 Å². The molecule has 1 aromatic carbocycles. The number of anilines is 1. The van der Waals surface area contributed by atoms with E-state index in [1.165, 1.54) is 0 Å². The van der Waals surface area contributed by atoms with Gasteiger partial charge in [0.25, 0.3) is 0 Å². The van der Waals surface area contributed by atoms with Crippen molar-refractivity contribution in [3.05, 3.63) is 64.1 Å². The molecule has 2 amide bonds. The molecule has 0 unspecified atom stereocenters. The summed E-state index contributed by atoms with van der Waals surface area (Å²) in [5, 5.41) is 6.05. The number of para-hydroxylation sites is 1. The normalized spacial score (nSPS) is 22.5. The van der Waals surface area contributed by atoms with Crippen LogP contribution in [0, 0.1) is 6.92 Å².